The Labute approximate surface area is 217 Å². The first-order chi connectivity index (χ1) is 17.3. The molecule has 5 rings (SSSR count). The quantitative estimate of drug-likeness (QED) is 0.115. The van der Waals surface area contributed by atoms with Crippen LogP contribution in [0.2, 0.25) is 0 Å². The van der Waals surface area contributed by atoms with Gasteiger partial charge in [-0.25, -0.2) is 4.79 Å². The molecule has 0 saturated carbocycles. The van der Waals surface area contributed by atoms with Gasteiger partial charge in [0.1, 0.15) is 22.0 Å². The fourth-order valence-electron chi connectivity index (χ4n) is 3.97. The Morgan fingerprint density at radius 1 is 0.838 bits per heavy atom. The summed E-state index contributed by atoms with van der Waals surface area (Å²) in [6, 6.07) is 15.0. The van der Waals surface area contributed by atoms with E-state index in [9.17, 15) is 33.0 Å². The Morgan fingerprint density at radius 3 is 1.89 bits per heavy atom. The fourth-order valence-corrected chi connectivity index (χ4v) is 5.18. The van der Waals surface area contributed by atoms with E-state index in [-0.39, 0.29) is 28.0 Å². The molecule has 0 spiro atoms. The minimum atomic E-state index is -4.76. The number of carboxylic acids is 1. The predicted molar refractivity (Wildman–Crippen MR) is 136 cm³/mol. The van der Waals surface area contributed by atoms with Crippen molar-refractivity contribution in [2.45, 2.75) is 4.90 Å². The number of nitrogen functional groups attached to an aromatic ring is 1. The number of carboxylic acid groups (broad SMARTS) is 1. The van der Waals surface area contributed by atoms with E-state index in [0.717, 1.165) is 5.39 Å². The number of hydrogen-bond acceptors (Lipinski definition) is 8. The zero-order chi connectivity index (χ0) is 27.2. The lowest BCUT2D eigenvalue weighted by molar-refractivity contribution is 0.0693. The van der Waals surface area contributed by atoms with Crippen molar-refractivity contribution in [3.8, 4) is 11.5 Å². The molecule has 0 unspecified atom stereocenters. The van der Waals surface area contributed by atoms with Crippen LogP contribution in [0.15, 0.2) is 70.0 Å². The molecule has 0 bridgehead atoms. The Morgan fingerprint density at radius 2 is 1.35 bits per heavy atom. The third-order valence-corrected chi connectivity index (χ3v) is 7.20. The van der Waals surface area contributed by atoms with Crippen LogP contribution in [-0.2, 0) is 10.1 Å². The highest BCUT2D eigenvalue weighted by Crippen LogP contribution is 2.39. The van der Waals surface area contributed by atoms with Gasteiger partial charge in [-0.05, 0) is 11.5 Å². The standard InChI is InChI=1S/C14H9NO6S.C11H7BrO3/c15-12-9(22(19,20)21)5-8(16)10-11(12)14(18)7-4-2-1-3-6(7)13(10)17;12-9-5-8(11(14)15)10(13)7-4-2-1-3-6(7)9/h1-5,16H,15H2,(H,19,20,21);1-5,13H,(H,14,15). The minimum Gasteiger partial charge on any atom is -0.507 e. The number of aromatic hydroxyl groups is 2. The van der Waals surface area contributed by atoms with E-state index >= 15 is 0 Å². The van der Waals surface area contributed by atoms with Gasteiger partial charge in [-0.3, -0.25) is 14.1 Å². The monoisotopic (exact) mass is 585 g/mol. The highest BCUT2D eigenvalue weighted by Gasteiger charge is 2.36. The van der Waals surface area contributed by atoms with Gasteiger partial charge < -0.3 is 21.1 Å². The molecule has 0 fully saturated rings. The number of phenols is 2. The Hall–Kier alpha value is -4.26. The van der Waals surface area contributed by atoms with Crippen molar-refractivity contribution < 1.29 is 42.7 Å². The van der Waals surface area contributed by atoms with Crippen molar-refractivity contribution in [2.75, 3.05) is 5.73 Å². The number of carbonyl (C=O) groups is 3. The van der Waals surface area contributed by atoms with Crippen LogP contribution in [-0.4, -0.2) is 45.8 Å². The van der Waals surface area contributed by atoms with E-state index in [1.807, 2.05) is 12.1 Å². The van der Waals surface area contributed by atoms with E-state index in [2.05, 4.69) is 15.9 Å². The summed E-state index contributed by atoms with van der Waals surface area (Å²) in [5.41, 5.74) is 4.34. The molecular weight excluding hydrogens is 570 g/mol. The van der Waals surface area contributed by atoms with Crippen LogP contribution in [0.25, 0.3) is 10.8 Å². The van der Waals surface area contributed by atoms with Gasteiger partial charge in [0.05, 0.1) is 16.8 Å². The molecule has 1 aliphatic rings. The van der Waals surface area contributed by atoms with E-state index in [4.69, 9.17) is 15.4 Å². The first-order valence-corrected chi connectivity index (χ1v) is 12.5. The van der Waals surface area contributed by atoms with Gasteiger partial charge in [0.25, 0.3) is 10.1 Å². The molecule has 10 nitrogen and oxygen atoms in total. The van der Waals surface area contributed by atoms with Gasteiger partial charge in [-0.1, -0.05) is 64.5 Å². The van der Waals surface area contributed by atoms with Crippen molar-refractivity contribution in [1.82, 2.24) is 0 Å². The van der Waals surface area contributed by atoms with Crippen LogP contribution >= 0.6 is 15.9 Å². The SMILES string of the molecule is Nc1c(S(=O)(=O)O)cc(O)c2c1C(=O)c1ccccc1C2=O.O=C(O)c1cc(Br)c2ccccc2c1O. The first kappa shape index (κ1) is 25.8. The molecular formula is C25H16BrNO9S. The number of fused-ring (bicyclic) bond motifs is 3. The second kappa shape index (κ2) is 9.32. The number of ketones is 2. The number of rotatable bonds is 2. The summed E-state index contributed by atoms with van der Waals surface area (Å²) < 4.78 is 32.4. The average molecular weight is 586 g/mol. The van der Waals surface area contributed by atoms with Gasteiger partial charge >= 0.3 is 5.97 Å². The maximum Gasteiger partial charge on any atom is 0.339 e. The van der Waals surface area contributed by atoms with Gasteiger partial charge in [-0.2, -0.15) is 8.42 Å². The highest BCUT2D eigenvalue weighted by atomic mass is 79.9. The molecule has 4 aromatic rings. The van der Waals surface area contributed by atoms with Crippen LogP contribution in [0.5, 0.6) is 11.5 Å². The second-order valence-electron chi connectivity index (χ2n) is 7.84. The van der Waals surface area contributed by atoms with Crippen LogP contribution < -0.4 is 5.73 Å². The Bertz CT molecular complexity index is 1760. The van der Waals surface area contributed by atoms with Crippen molar-refractivity contribution in [3.05, 3.63) is 93.0 Å². The molecule has 1 aliphatic carbocycles. The fraction of sp³-hybridized carbons (Fsp3) is 0. The van der Waals surface area contributed by atoms with E-state index in [0.29, 0.717) is 15.9 Å². The number of carbonyl (C=O) groups excluding carboxylic acids is 2. The maximum absolute atomic E-state index is 12.5. The minimum absolute atomic E-state index is 0.0542. The molecule has 0 saturated heterocycles. The van der Waals surface area contributed by atoms with Crippen molar-refractivity contribution >= 4 is 60.0 Å². The summed E-state index contributed by atoms with van der Waals surface area (Å²) in [7, 11) is -4.76. The number of phenolic OH excluding ortho intramolecular Hbond substituents is 1. The topological polar surface area (TPSA) is 192 Å². The Kier molecular flexibility index (Phi) is 6.50. The molecule has 0 aliphatic heterocycles. The van der Waals surface area contributed by atoms with Gasteiger partial charge in [0.15, 0.2) is 11.6 Å². The molecule has 0 heterocycles. The largest absolute Gasteiger partial charge is 0.507 e. The molecule has 188 valence electrons. The summed E-state index contributed by atoms with van der Waals surface area (Å²) in [4.78, 5) is 34.9. The molecule has 0 atom stereocenters. The molecule has 4 aromatic carbocycles. The number of halogens is 1. The molecule has 12 heteroatoms. The van der Waals surface area contributed by atoms with E-state index < -0.39 is 49.5 Å². The summed E-state index contributed by atoms with van der Waals surface area (Å²) in [5, 5.41) is 29.9. The van der Waals surface area contributed by atoms with Crippen molar-refractivity contribution in [1.29, 1.82) is 0 Å². The summed E-state index contributed by atoms with van der Waals surface area (Å²) in [6.45, 7) is 0. The van der Waals surface area contributed by atoms with Crippen LogP contribution in [0.3, 0.4) is 0 Å². The molecule has 0 radical (unpaired) electrons. The number of aromatic carboxylic acids is 1. The number of hydrogen-bond donors (Lipinski definition) is 5. The van der Waals surface area contributed by atoms with E-state index in [1.165, 1.54) is 24.3 Å². The highest BCUT2D eigenvalue weighted by molar-refractivity contribution is 9.10. The number of anilines is 1. The zero-order valence-electron chi connectivity index (χ0n) is 18.5. The smallest absolute Gasteiger partial charge is 0.339 e. The van der Waals surface area contributed by atoms with Crippen LogP contribution in [0, 0.1) is 0 Å². The third kappa shape index (κ3) is 4.42. The molecule has 0 amide bonds. The summed E-state index contributed by atoms with van der Waals surface area (Å²) in [6.07, 6.45) is 0. The summed E-state index contributed by atoms with van der Waals surface area (Å²) >= 11 is 3.28. The predicted octanol–water partition coefficient (Wildman–Crippen LogP) is 4.00. The third-order valence-electron chi connectivity index (χ3n) is 5.65. The van der Waals surface area contributed by atoms with Gasteiger partial charge in [-0.15, -0.1) is 0 Å². The van der Waals surface area contributed by atoms with Crippen molar-refractivity contribution in [3.63, 3.8) is 0 Å². The normalized spacial score (nSPS) is 12.4. The van der Waals surface area contributed by atoms with Crippen LogP contribution in [0.1, 0.15) is 42.2 Å². The maximum atomic E-state index is 12.5. The number of nitrogens with two attached hydrogens (primary N) is 1. The van der Waals surface area contributed by atoms with Gasteiger partial charge in [0.2, 0.25) is 0 Å². The van der Waals surface area contributed by atoms with Crippen molar-refractivity contribution in [2.24, 2.45) is 0 Å². The zero-order valence-corrected chi connectivity index (χ0v) is 20.9. The van der Waals surface area contributed by atoms with E-state index in [1.54, 1.807) is 18.2 Å². The Balaban J connectivity index is 0.000000186. The lowest BCUT2D eigenvalue weighted by atomic mass is 9.83. The number of benzene rings is 4. The van der Waals surface area contributed by atoms with Gasteiger partial charge in [0, 0.05) is 27.1 Å². The van der Waals surface area contributed by atoms with Crippen LogP contribution in [0.4, 0.5) is 5.69 Å². The second-order valence-corrected chi connectivity index (χ2v) is 10.1. The summed E-state index contributed by atoms with van der Waals surface area (Å²) in [5.74, 6) is -3.40. The average Bonchev–Trinajstić information content (AvgIpc) is 2.85. The lowest BCUT2D eigenvalue weighted by Crippen LogP contribution is -2.23. The molecule has 0 aromatic heterocycles. The first-order valence-electron chi connectivity index (χ1n) is 10.3. The molecule has 6 N–H and O–H groups in total. The lowest BCUT2D eigenvalue weighted by Gasteiger charge is -2.20. The molecule has 37 heavy (non-hydrogen) atoms.